The number of imidazole rings is 1. The molecule has 1 aliphatic heterocycles. The summed E-state index contributed by atoms with van der Waals surface area (Å²) in [6, 6.07) is 5.02. The van der Waals surface area contributed by atoms with E-state index in [0.29, 0.717) is 23.3 Å². The van der Waals surface area contributed by atoms with Crippen molar-refractivity contribution in [3.63, 3.8) is 0 Å². The highest BCUT2D eigenvalue weighted by molar-refractivity contribution is 5.61. The molecule has 7 nitrogen and oxygen atoms in total. The molecule has 3 aromatic heterocycles. The number of hydrogen-bond acceptors (Lipinski definition) is 6. The van der Waals surface area contributed by atoms with Crippen LogP contribution in [0.1, 0.15) is 6.42 Å². The van der Waals surface area contributed by atoms with Gasteiger partial charge in [0, 0.05) is 31.0 Å². The molecule has 4 rings (SSSR count). The molecule has 2 N–H and O–H groups in total. The highest BCUT2D eigenvalue weighted by Crippen LogP contribution is 2.23. The number of nitrogens with zero attached hydrogens (tertiary/aromatic N) is 4. The Bertz CT molecular complexity index is 878. The Morgan fingerprint density at radius 3 is 3.04 bits per heavy atom. The molecule has 130 valence electrons. The number of halogens is 2. The van der Waals surface area contributed by atoms with E-state index in [1.807, 2.05) is 0 Å². The molecule has 0 aliphatic carbocycles. The number of anilines is 1. The van der Waals surface area contributed by atoms with Gasteiger partial charge >= 0.3 is 6.61 Å². The molecule has 0 bridgehead atoms. The second-order valence-corrected chi connectivity index (χ2v) is 5.71. The monoisotopic (exact) mass is 346 g/mol. The first kappa shape index (κ1) is 15.7. The van der Waals surface area contributed by atoms with Gasteiger partial charge < -0.3 is 15.4 Å². The second kappa shape index (κ2) is 6.60. The smallest absolute Gasteiger partial charge is 0.387 e. The van der Waals surface area contributed by atoms with Gasteiger partial charge in [-0.2, -0.15) is 8.78 Å². The van der Waals surface area contributed by atoms with Crippen LogP contribution in [0.15, 0.2) is 36.8 Å². The van der Waals surface area contributed by atoms with Crippen molar-refractivity contribution in [3.05, 3.63) is 36.8 Å². The van der Waals surface area contributed by atoms with Crippen LogP contribution in [-0.2, 0) is 0 Å². The Morgan fingerprint density at radius 1 is 1.32 bits per heavy atom. The summed E-state index contributed by atoms with van der Waals surface area (Å²) >= 11 is 0. The quantitative estimate of drug-likeness (QED) is 0.737. The number of nitrogens with one attached hydrogen (secondary N) is 2. The van der Waals surface area contributed by atoms with E-state index in [-0.39, 0.29) is 5.75 Å². The number of rotatable bonds is 5. The molecular weight excluding hydrogens is 330 g/mol. The van der Waals surface area contributed by atoms with Crippen LogP contribution in [0.4, 0.5) is 14.7 Å². The number of fused-ring (bicyclic) bond motifs is 1. The Morgan fingerprint density at radius 2 is 2.24 bits per heavy atom. The minimum atomic E-state index is -2.86. The maximum atomic E-state index is 12.3. The van der Waals surface area contributed by atoms with Crippen LogP contribution in [0.2, 0.25) is 0 Å². The van der Waals surface area contributed by atoms with Gasteiger partial charge in [-0.15, -0.1) is 0 Å². The molecule has 1 saturated heterocycles. The zero-order chi connectivity index (χ0) is 17.2. The summed E-state index contributed by atoms with van der Waals surface area (Å²) in [5.41, 5.74) is 1.94. The predicted molar refractivity (Wildman–Crippen MR) is 87.7 cm³/mol. The Hall–Kier alpha value is -2.81. The molecule has 25 heavy (non-hydrogen) atoms. The fourth-order valence-electron chi connectivity index (χ4n) is 2.86. The summed E-state index contributed by atoms with van der Waals surface area (Å²) < 4.78 is 30.8. The minimum Gasteiger partial charge on any atom is -0.435 e. The first-order chi connectivity index (χ1) is 12.2. The Labute approximate surface area is 142 Å². The lowest BCUT2D eigenvalue weighted by Crippen LogP contribution is -2.23. The van der Waals surface area contributed by atoms with E-state index in [0.717, 1.165) is 25.2 Å². The zero-order valence-corrected chi connectivity index (χ0v) is 13.2. The van der Waals surface area contributed by atoms with Gasteiger partial charge in [-0.1, -0.05) is 0 Å². The topological polar surface area (TPSA) is 76.4 Å². The van der Waals surface area contributed by atoms with Crippen molar-refractivity contribution in [1.29, 1.82) is 0 Å². The van der Waals surface area contributed by atoms with E-state index < -0.39 is 6.61 Å². The van der Waals surface area contributed by atoms with E-state index >= 15 is 0 Å². The van der Waals surface area contributed by atoms with Crippen LogP contribution in [0, 0.1) is 0 Å². The van der Waals surface area contributed by atoms with E-state index in [4.69, 9.17) is 0 Å². The summed E-state index contributed by atoms with van der Waals surface area (Å²) in [6.07, 6.45) is 5.98. The van der Waals surface area contributed by atoms with Crippen molar-refractivity contribution in [2.75, 3.05) is 18.4 Å². The van der Waals surface area contributed by atoms with Crippen molar-refractivity contribution in [3.8, 4) is 17.1 Å². The Kier molecular flexibility index (Phi) is 4.14. The molecule has 0 saturated carbocycles. The Balaban J connectivity index is 1.62. The highest BCUT2D eigenvalue weighted by Gasteiger charge is 2.16. The van der Waals surface area contributed by atoms with Crippen molar-refractivity contribution in [2.45, 2.75) is 19.1 Å². The van der Waals surface area contributed by atoms with Crippen LogP contribution >= 0.6 is 0 Å². The second-order valence-electron chi connectivity index (χ2n) is 5.71. The molecule has 1 aliphatic rings. The molecule has 1 fully saturated rings. The SMILES string of the molecule is FC(F)Oc1ccn2c(-c3ccnc(NC4CCNC4)n3)cnc2c1. The first-order valence-corrected chi connectivity index (χ1v) is 7.91. The number of pyridine rings is 1. The van der Waals surface area contributed by atoms with E-state index in [9.17, 15) is 8.78 Å². The maximum Gasteiger partial charge on any atom is 0.387 e. The summed E-state index contributed by atoms with van der Waals surface area (Å²) in [5.74, 6) is 0.622. The molecule has 1 atom stereocenters. The summed E-state index contributed by atoms with van der Waals surface area (Å²) in [4.78, 5) is 13.0. The minimum absolute atomic E-state index is 0.0680. The van der Waals surface area contributed by atoms with E-state index in [1.165, 1.54) is 12.1 Å². The molecule has 0 spiro atoms. The number of ether oxygens (including phenoxy) is 1. The maximum absolute atomic E-state index is 12.3. The fraction of sp³-hybridized carbons (Fsp3) is 0.312. The van der Waals surface area contributed by atoms with E-state index in [1.54, 1.807) is 29.1 Å². The third kappa shape index (κ3) is 3.36. The number of aromatic nitrogens is 4. The molecule has 4 heterocycles. The first-order valence-electron chi connectivity index (χ1n) is 7.91. The summed E-state index contributed by atoms with van der Waals surface area (Å²) in [6.45, 7) is -0.999. The molecule has 3 aromatic rings. The number of alkyl halides is 2. The molecular formula is C16H16F2N6O. The van der Waals surface area contributed by atoms with Gasteiger partial charge in [0.05, 0.1) is 17.6 Å². The normalized spacial score (nSPS) is 17.3. The largest absolute Gasteiger partial charge is 0.435 e. The zero-order valence-electron chi connectivity index (χ0n) is 13.2. The summed E-state index contributed by atoms with van der Waals surface area (Å²) in [7, 11) is 0. The average Bonchev–Trinajstić information content (AvgIpc) is 3.23. The molecule has 9 heteroatoms. The predicted octanol–water partition coefficient (Wildman–Crippen LogP) is 2.17. The van der Waals surface area contributed by atoms with Gasteiger partial charge in [-0.05, 0) is 25.1 Å². The average molecular weight is 346 g/mol. The van der Waals surface area contributed by atoms with Crippen molar-refractivity contribution >= 4 is 11.6 Å². The van der Waals surface area contributed by atoms with Crippen LogP contribution in [0.3, 0.4) is 0 Å². The van der Waals surface area contributed by atoms with Crippen LogP contribution in [0.25, 0.3) is 17.0 Å². The highest BCUT2D eigenvalue weighted by atomic mass is 19.3. The van der Waals surface area contributed by atoms with Crippen LogP contribution in [-0.4, -0.2) is 45.1 Å². The van der Waals surface area contributed by atoms with Gasteiger partial charge in [0.25, 0.3) is 0 Å². The van der Waals surface area contributed by atoms with Gasteiger partial charge in [-0.25, -0.2) is 15.0 Å². The van der Waals surface area contributed by atoms with Gasteiger partial charge in [0.2, 0.25) is 5.95 Å². The van der Waals surface area contributed by atoms with Gasteiger partial charge in [-0.3, -0.25) is 4.40 Å². The van der Waals surface area contributed by atoms with Crippen molar-refractivity contribution in [1.82, 2.24) is 24.7 Å². The molecule has 1 unspecified atom stereocenters. The van der Waals surface area contributed by atoms with E-state index in [2.05, 4.69) is 30.3 Å². The standard InChI is InChI=1S/C16H16F2N6O/c17-15(18)25-11-3-6-24-13(9-21-14(24)7-11)12-2-5-20-16(23-12)22-10-1-4-19-8-10/h2-3,5-7,9-10,15,19H,1,4,8H2,(H,20,22,23). The van der Waals surface area contributed by atoms with Crippen molar-refractivity contribution < 1.29 is 13.5 Å². The van der Waals surface area contributed by atoms with Crippen LogP contribution in [0.5, 0.6) is 5.75 Å². The molecule has 0 radical (unpaired) electrons. The lowest BCUT2D eigenvalue weighted by molar-refractivity contribution is -0.0498. The van der Waals surface area contributed by atoms with Crippen molar-refractivity contribution in [2.24, 2.45) is 0 Å². The van der Waals surface area contributed by atoms with Crippen LogP contribution < -0.4 is 15.4 Å². The summed E-state index contributed by atoms with van der Waals surface area (Å²) in [5, 5.41) is 6.58. The molecule has 0 amide bonds. The van der Waals surface area contributed by atoms with Gasteiger partial charge in [0.1, 0.15) is 11.4 Å². The molecule has 0 aromatic carbocycles. The lowest BCUT2D eigenvalue weighted by Gasteiger charge is -2.11. The number of hydrogen-bond donors (Lipinski definition) is 2. The fourth-order valence-corrected chi connectivity index (χ4v) is 2.86. The third-order valence-corrected chi connectivity index (χ3v) is 4.02. The van der Waals surface area contributed by atoms with Gasteiger partial charge in [0.15, 0.2) is 0 Å². The third-order valence-electron chi connectivity index (χ3n) is 4.02. The lowest BCUT2D eigenvalue weighted by atomic mass is 10.3.